The van der Waals surface area contributed by atoms with Crippen LogP contribution in [0, 0.1) is 5.92 Å². The zero-order chi connectivity index (χ0) is 14.2. The van der Waals surface area contributed by atoms with Crippen molar-refractivity contribution in [1.82, 2.24) is 0 Å². The Hall–Kier alpha value is -1.93. The average molecular weight is 283 g/mol. The number of hydrogen-bond donors (Lipinski definition) is 2. The number of carbonyl (C=O) groups excluding carboxylic acids is 2. The fraction of sp³-hybridized carbons (Fsp3) is 0.273. The van der Waals surface area contributed by atoms with Crippen LogP contribution in [0.3, 0.4) is 0 Å². The molecule has 1 aromatic carbocycles. The minimum absolute atomic E-state index is 0.0330. The first kappa shape index (κ1) is 13.5. The number of primary sulfonamides is 1. The third-order valence-corrected chi connectivity index (χ3v) is 3.93. The maximum Gasteiger partial charge on any atom is 0.238 e. The molecule has 0 unspecified atom stereocenters. The first-order valence-corrected chi connectivity index (χ1v) is 7.06. The van der Waals surface area contributed by atoms with Crippen LogP contribution in [0.15, 0.2) is 29.2 Å². The van der Waals surface area contributed by atoms with Crippen molar-refractivity contribution in [3.8, 4) is 0 Å². The second-order valence-corrected chi connectivity index (χ2v) is 5.91. The van der Waals surface area contributed by atoms with Crippen molar-refractivity contribution < 1.29 is 18.0 Å². The van der Waals surface area contributed by atoms with Gasteiger partial charge in [-0.3, -0.25) is 9.59 Å². The van der Waals surface area contributed by atoms with Crippen LogP contribution in [0.2, 0.25) is 0 Å². The molecule has 19 heavy (non-hydrogen) atoms. The number of anilines is 1. The summed E-state index contributed by atoms with van der Waals surface area (Å²) < 4.78 is 22.2. The molecule has 0 aromatic heterocycles. The number of nitrogens with two attached hydrogens (primary N) is 2. The lowest BCUT2D eigenvalue weighted by atomic mass is 10.1. The van der Waals surface area contributed by atoms with Gasteiger partial charge in [-0.1, -0.05) is 0 Å². The van der Waals surface area contributed by atoms with E-state index in [4.69, 9.17) is 10.9 Å². The number of hydrogen-bond acceptors (Lipinski definition) is 4. The molecule has 1 aliphatic heterocycles. The molecule has 102 valence electrons. The first-order chi connectivity index (χ1) is 8.79. The van der Waals surface area contributed by atoms with Gasteiger partial charge in [-0.25, -0.2) is 13.6 Å². The Morgan fingerprint density at radius 2 is 1.84 bits per heavy atom. The van der Waals surface area contributed by atoms with E-state index in [1.54, 1.807) is 0 Å². The quantitative estimate of drug-likeness (QED) is 0.751. The van der Waals surface area contributed by atoms with E-state index in [0.29, 0.717) is 5.69 Å². The molecule has 8 heteroatoms. The summed E-state index contributed by atoms with van der Waals surface area (Å²) in [6.45, 7) is 0.211. The maximum atomic E-state index is 11.7. The topological polar surface area (TPSA) is 124 Å². The van der Waals surface area contributed by atoms with Gasteiger partial charge in [-0.05, 0) is 24.3 Å². The van der Waals surface area contributed by atoms with Gasteiger partial charge in [0.2, 0.25) is 21.8 Å². The lowest BCUT2D eigenvalue weighted by molar-refractivity contribution is -0.123. The van der Waals surface area contributed by atoms with Gasteiger partial charge in [0.05, 0.1) is 10.8 Å². The van der Waals surface area contributed by atoms with Gasteiger partial charge < -0.3 is 10.6 Å². The van der Waals surface area contributed by atoms with Gasteiger partial charge in [0.25, 0.3) is 0 Å². The Morgan fingerprint density at radius 1 is 1.26 bits per heavy atom. The zero-order valence-corrected chi connectivity index (χ0v) is 10.8. The van der Waals surface area contributed by atoms with Crippen molar-refractivity contribution in [3.05, 3.63) is 24.3 Å². The highest BCUT2D eigenvalue weighted by molar-refractivity contribution is 7.89. The van der Waals surface area contributed by atoms with Crippen LogP contribution in [0.5, 0.6) is 0 Å². The maximum absolute atomic E-state index is 11.7. The highest BCUT2D eigenvalue weighted by atomic mass is 32.2. The molecule has 0 radical (unpaired) electrons. The SMILES string of the molecule is NC(=O)[C@@H]1CC(=O)N(c2ccc(S(N)(=O)=O)cc2)C1. The van der Waals surface area contributed by atoms with Gasteiger partial charge in [-0.15, -0.1) is 0 Å². The lowest BCUT2D eigenvalue weighted by Crippen LogP contribution is -2.28. The summed E-state index contributed by atoms with van der Waals surface area (Å²) in [5.74, 6) is -1.24. The third kappa shape index (κ3) is 2.74. The van der Waals surface area contributed by atoms with Crippen LogP contribution in [-0.4, -0.2) is 26.8 Å². The molecule has 1 heterocycles. The predicted molar refractivity (Wildman–Crippen MR) is 67.5 cm³/mol. The molecule has 7 nitrogen and oxygen atoms in total. The molecule has 0 aliphatic carbocycles. The molecule has 1 aromatic rings. The molecule has 2 amide bonds. The Kier molecular flexibility index (Phi) is 3.29. The van der Waals surface area contributed by atoms with Gasteiger partial charge in [-0.2, -0.15) is 0 Å². The van der Waals surface area contributed by atoms with E-state index < -0.39 is 21.8 Å². The van der Waals surface area contributed by atoms with E-state index in [1.165, 1.54) is 29.2 Å². The molecule has 1 fully saturated rings. The molecule has 4 N–H and O–H groups in total. The predicted octanol–water partition coefficient (Wildman–Crippen LogP) is -0.828. The Labute approximate surface area is 110 Å². The summed E-state index contributed by atoms with van der Waals surface area (Å²) in [5.41, 5.74) is 5.68. The molecular weight excluding hydrogens is 270 g/mol. The fourth-order valence-corrected chi connectivity index (χ4v) is 2.48. The lowest BCUT2D eigenvalue weighted by Gasteiger charge is -2.16. The standard InChI is InChI=1S/C11H13N3O4S/c12-11(16)7-5-10(15)14(6-7)8-1-3-9(4-2-8)19(13,17)18/h1-4,7H,5-6H2,(H2,12,16)(H2,13,17,18)/t7-/m1/s1. The van der Waals surface area contributed by atoms with Crippen LogP contribution < -0.4 is 15.8 Å². The minimum atomic E-state index is -3.76. The van der Waals surface area contributed by atoms with Gasteiger partial charge in [0.15, 0.2) is 0 Å². The third-order valence-electron chi connectivity index (χ3n) is 3.00. The Morgan fingerprint density at radius 3 is 2.26 bits per heavy atom. The van der Waals surface area contributed by atoms with Crippen LogP contribution in [0.4, 0.5) is 5.69 Å². The van der Waals surface area contributed by atoms with Gasteiger partial charge in [0, 0.05) is 18.7 Å². The highest BCUT2D eigenvalue weighted by Gasteiger charge is 2.33. The Balaban J connectivity index is 2.24. The highest BCUT2D eigenvalue weighted by Crippen LogP contribution is 2.25. The summed E-state index contributed by atoms with van der Waals surface area (Å²) in [4.78, 5) is 24.2. The smallest absolute Gasteiger partial charge is 0.238 e. The van der Waals surface area contributed by atoms with E-state index >= 15 is 0 Å². The number of sulfonamides is 1. The normalized spacial score (nSPS) is 19.7. The van der Waals surface area contributed by atoms with Gasteiger partial charge >= 0.3 is 0 Å². The molecular formula is C11H13N3O4S. The Bertz CT molecular complexity index is 624. The number of primary amides is 1. The van der Waals surface area contributed by atoms with Crippen LogP contribution in [0.1, 0.15) is 6.42 Å². The summed E-state index contributed by atoms with van der Waals surface area (Å²) in [7, 11) is -3.76. The number of nitrogens with zero attached hydrogens (tertiary/aromatic N) is 1. The van der Waals surface area contributed by atoms with Crippen molar-refractivity contribution in [1.29, 1.82) is 0 Å². The van der Waals surface area contributed by atoms with E-state index in [0.717, 1.165) is 0 Å². The summed E-state index contributed by atoms with van der Waals surface area (Å²) >= 11 is 0. The monoisotopic (exact) mass is 283 g/mol. The van der Waals surface area contributed by atoms with Crippen LogP contribution in [-0.2, 0) is 19.6 Å². The van der Waals surface area contributed by atoms with E-state index in [1.807, 2.05) is 0 Å². The van der Waals surface area contributed by atoms with Crippen molar-refractivity contribution in [3.63, 3.8) is 0 Å². The number of benzene rings is 1. The molecule has 0 spiro atoms. The van der Waals surface area contributed by atoms with Crippen molar-refractivity contribution in [2.45, 2.75) is 11.3 Å². The average Bonchev–Trinajstić information content (AvgIpc) is 2.70. The molecule has 1 saturated heterocycles. The number of amides is 2. The number of carbonyl (C=O) groups is 2. The van der Waals surface area contributed by atoms with Crippen molar-refractivity contribution in [2.24, 2.45) is 16.8 Å². The zero-order valence-electron chi connectivity index (χ0n) is 9.94. The molecule has 1 atom stereocenters. The first-order valence-electron chi connectivity index (χ1n) is 5.51. The fourth-order valence-electron chi connectivity index (χ4n) is 1.96. The summed E-state index contributed by atoms with van der Waals surface area (Å²) in [6, 6.07) is 5.58. The molecule has 0 saturated carbocycles. The van der Waals surface area contributed by atoms with Crippen LogP contribution >= 0.6 is 0 Å². The minimum Gasteiger partial charge on any atom is -0.369 e. The summed E-state index contributed by atoms with van der Waals surface area (Å²) in [5, 5.41) is 4.98. The largest absolute Gasteiger partial charge is 0.369 e. The molecule has 0 bridgehead atoms. The van der Waals surface area contributed by atoms with E-state index in [9.17, 15) is 18.0 Å². The molecule has 1 aliphatic rings. The number of rotatable bonds is 3. The van der Waals surface area contributed by atoms with E-state index in [-0.39, 0.29) is 23.8 Å². The van der Waals surface area contributed by atoms with Crippen LogP contribution in [0.25, 0.3) is 0 Å². The van der Waals surface area contributed by atoms with E-state index in [2.05, 4.69) is 0 Å². The van der Waals surface area contributed by atoms with Crippen molar-refractivity contribution in [2.75, 3.05) is 11.4 Å². The summed E-state index contributed by atoms with van der Waals surface area (Å²) in [6.07, 6.45) is 0.0757. The van der Waals surface area contributed by atoms with Crippen molar-refractivity contribution >= 4 is 27.5 Å². The second-order valence-electron chi connectivity index (χ2n) is 4.35. The second kappa shape index (κ2) is 4.63. The molecule has 2 rings (SSSR count). The van der Waals surface area contributed by atoms with Gasteiger partial charge in [0.1, 0.15) is 0 Å².